The fourth-order valence-electron chi connectivity index (χ4n) is 2.79. The Morgan fingerprint density at radius 1 is 1.17 bits per heavy atom. The van der Waals surface area contributed by atoms with Gasteiger partial charge in [0.25, 0.3) is 0 Å². The van der Waals surface area contributed by atoms with Crippen molar-refractivity contribution in [2.45, 2.75) is 44.6 Å². The smallest absolute Gasteiger partial charge is 0.0632 e. The van der Waals surface area contributed by atoms with Crippen molar-refractivity contribution in [3.05, 3.63) is 28.7 Å². The van der Waals surface area contributed by atoms with Gasteiger partial charge in [0.05, 0.1) is 6.61 Å². The van der Waals surface area contributed by atoms with Gasteiger partial charge >= 0.3 is 0 Å². The summed E-state index contributed by atoms with van der Waals surface area (Å²) in [7, 11) is 0. The maximum absolute atomic E-state index is 9.50. The number of aliphatic hydroxyl groups is 1. The van der Waals surface area contributed by atoms with E-state index in [1.54, 1.807) is 0 Å². The number of hydrogen-bond acceptors (Lipinski definition) is 2. The summed E-state index contributed by atoms with van der Waals surface area (Å²) in [4.78, 5) is 0. The van der Waals surface area contributed by atoms with E-state index >= 15 is 0 Å². The molecule has 100 valence electrons. The number of hydrogen-bond donors (Lipinski definition) is 2. The van der Waals surface area contributed by atoms with Gasteiger partial charge in [-0.3, -0.25) is 0 Å². The molecule has 1 saturated carbocycles. The molecule has 0 spiro atoms. The molecule has 3 heteroatoms. The van der Waals surface area contributed by atoms with E-state index in [1.807, 2.05) is 24.3 Å². The highest BCUT2D eigenvalue weighted by atomic mass is 79.9. The van der Waals surface area contributed by atoms with Crippen molar-refractivity contribution in [2.75, 3.05) is 11.9 Å². The Labute approximate surface area is 118 Å². The molecule has 1 aliphatic carbocycles. The zero-order chi connectivity index (χ0) is 12.8. The van der Waals surface area contributed by atoms with Gasteiger partial charge in [0, 0.05) is 16.2 Å². The average molecular weight is 312 g/mol. The van der Waals surface area contributed by atoms with Gasteiger partial charge in [0.1, 0.15) is 0 Å². The van der Waals surface area contributed by atoms with Crippen molar-refractivity contribution >= 4 is 21.6 Å². The highest BCUT2D eigenvalue weighted by Gasteiger charge is 2.18. The maximum atomic E-state index is 9.50. The molecule has 2 N–H and O–H groups in total. The summed E-state index contributed by atoms with van der Waals surface area (Å²) in [6.45, 7) is 0.215. The molecule has 0 bridgehead atoms. The molecule has 2 rings (SSSR count). The Hall–Kier alpha value is -0.540. The summed E-state index contributed by atoms with van der Waals surface area (Å²) in [5, 5.41) is 12.9. The van der Waals surface area contributed by atoms with Crippen LogP contribution in [0.1, 0.15) is 38.5 Å². The molecule has 0 aliphatic heterocycles. The monoisotopic (exact) mass is 311 g/mol. The Morgan fingerprint density at radius 2 is 1.83 bits per heavy atom. The van der Waals surface area contributed by atoms with E-state index in [-0.39, 0.29) is 12.6 Å². The number of benzene rings is 1. The standard InChI is InChI=1S/C15H22BrNO/c16-13-6-8-14(9-7-13)17-15(11-18)10-12-4-2-1-3-5-12/h6-9,12,15,17-18H,1-5,10-11H2. The minimum atomic E-state index is 0.189. The SMILES string of the molecule is OCC(CC1CCCCC1)Nc1ccc(Br)cc1. The van der Waals surface area contributed by atoms with E-state index in [9.17, 15) is 5.11 Å². The van der Waals surface area contributed by atoms with Gasteiger partial charge in [-0.15, -0.1) is 0 Å². The van der Waals surface area contributed by atoms with E-state index in [0.29, 0.717) is 0 Å². The number of halogens is 1. The molecule has 0 saturated heterocycles. The lowest BCUT2D eigenvalue weighted by molar-refractivity contribution is 0.237. The summed E-state index contributed by atoms with van der Waals surface area (Å²) < 4.78 is 1.08. The van der Waals surface area contributed by atoms with Crippen LogP contribution in [-0.4, -0.2) is 17.8 Å². The largest absolute Gasteiger partial charge is 0.394 e. The molecule has 1 aromatic carbocycles. The van der Waals surface area contributed by atoms with E-state index < -0.39 is 0 Å². The second kappa shape index (κ2) is 7.15. The lowest BCUT2D eigenvalue weighted by Gasteiger charge is -2.26. The summed E-state index contributed by atoms with van der Waals surface area (Å²) >= 11 is 3.43. The first kappa shape index (κ1) is 13.9. The molecule has 0 amide bonds. The van der Waals surface area contributed by atoms with E-state index in [0.717, 1.165) is 22.5 Å². The topological polar surface area (TPSA) is 32.3 Å². The van der Waals surface area contributed by atoms with Gasteiger partial charge < -0.3 is 10.4 Å². The van der Waals surface area contributed by atoms with Crippen molar-refractivity contribution in [1.29, 1.82) is 0 Å². The number of anilines is 1. The third-order valence-corrected chi connectivity index (χ3v) is 4.31. The predicted octanol–water partition coefficient (Wildman–Crippen LogP) is 4.19. The molecule has 1 atom stereocenters. The fraction of sp³-hybridized carbons (Fsp3) is 0.600. The first-order valence-electron chi connectivity index (χ1n) is 6.91. The van der Waals surface area contributed by atoms with E-state index in [1.165, 1.54) is 32.1 Å². The molecule has 0 radical (unpaired) electrons. The van der Waals surface area contributed by atoms with Gasteiger partial charge in [-0.25, -0.2) is 0 Å². The van der Waals surface area contributed by atoms with Crippen molar-refractivity contribution in [3.8, 4) is 0 Å². The third-order valence-electron chi connectivity index (χ3n) is 3.78. The van der Waals surface area contributed by atoms with Crippen LogP contribution in [0.5, 0.6) is 0 Å². The molecule has 18 heavy (non-hydrogen) atoms. The van der Waals surface area contributed by atoms with Crippen LogP contribution >= 0.6 is 15.9 Å². The van der Waals surface area contributed by atoms with Gasteiger partial charge in [-0.05, 0) is 36.6 Å². The first-order valence-corrected chi connectivity index (χ1v) is 7.70. The molecule has 1 fully saturated rings. The van der Waals surface area contributed by atoms with Gasteiger partial charge in [0.2, 0.25) is 0 Å². The lowest BCUT2D eigenvalue weighted by atomic mass is 9.85. The van der Waals surface area contributed by atoms with Crippen molar-refractivity contribution < 1.29 is 5.11 Å². The fourth-order valence-corrected chi connectivity index (χ4v) is 3.05. The van der Waals surface area contributed by atoms with Crippen LogP contribution in [-0.2, 0) is 0 Å². The van der Waals surface area contributed by atoms with Crippen molar-refractivity contribution in [3.63, 3.8) is 0 Å². The van der Waals surface area contributed by atoms with Crippen LogP contribution in [0, 0.1) is 5.92 Å². The zero-order valence-corrected chi connectivity index (χ0v) is 12.3. The van der Waals surface area contributed by atoms with Crippen molar-refractivity contribution in [1.82, 2.24) is 0 Å². The first-order chi connectivity index (χ1) is 8.78. The van der Waals surface area contributed by atoms with Gasteiger partial charge in [-0.2, -0.15) is 0 Å². The average Bonchev–Trinajstić information content (AvgIpc) is 2.41. The Balaban J connectivity index is 1.86. The van der Waals surface area contributed by atoms with Crippen LogP contribution in [0.25, 0.3) is 0 Å². The van der Waals surface area contributed by atoms with Gasteiger partial charge in [0.15, 0.2) is 0 Å². The van der Waals surface area contributed by atoms with E-state index in [4.69, 9.17) is 0 Å². The predicted molar refractivity (Wildman–Crippen MR) is 79.8 cm³/mol. The summed E-state index contributed by atoms with van der Waals surface area (Å²) in [5.74, 6) is 0.791. The molecule has 1 aliphatic rings. The molecular formula is C15H22BrNO. The molecule has 0 heterocycles. The minimum absolute atomic E-state index is 0.189. The van der Waals surface area contributed by atoms with Crippen LogP contribution in [0.4, 0.5) is 5.69 Å². The summed E-state index contributed by atoms with van der Waals surface area (Å²) in [6, 6.07) is 8.34. The van der Waals surface area contributed by atoms with Crippen LogP contribution in [0.2, 0.25) is 0 Å². The molecule has 1 aromatic rings. The summed E-state index contributed by atoms with van der Waals surface area (Å²) in [6.07, 6.45) is 7.87. The van der Waals surface area contributed by atoms with Crippen LogP contribution in [0.15, 0.2) is 28.7 Å². The molecule has 1 unspecified atom stereocenters. The molecular weight excluding hydrogens is 290 g/mol. The van der Waals surface area contributed by atoms with Gasteiger partial charge in [-0.1, -0.05) is 48.0 Å². The number of aliphatic hydroxyl groups excluding tert-OH is 1. The second-order valence-corrected chi connectivity index (χ2v) is 6.19. The number of rotatable bonds is 5. The van der Waals surface area contributed by atoms with Crippen LogP contribution < -0.4 is 5.32 Å². The molecule has 2 nitrogen and oxygen atoms in total. The Kier molecular flexibility index (Phi) is 5.51. The third kappa shape index (κ3) is 4.29. The normalized spacial score (nSPS) is 18.6. The van der Waals surface area contributed by atoms with Crippen molar-refractivity contribution in [2.24, 2.45) is 5.92 Å². The number of nitrogens with one attached hydrogen (secondary N) is 1. The minimum Gasteiger partial charge on any atom is -0.394 e. The quantitative estimate of drug-likeness (QED) is 0.854. The lowest BCUT2D eigenvalue weighted by Crippen LogP contribution is -2.27. The Bertz CT molecular complexity index is 346. The van der Waals surface area contributed by atoms with E-state index in [2.05, 4.69) is 21.2 Å². The Morgan fingerprint density at radius 3 is 2.44 bits per heavy atom. The highest BCUT2D eigenvalue weighted by Crippen LogP contribution is 2.28. The zero-order valence-electron chi connectivity index (χ0n) is 10.7. The maximum Gasteiger partial charge on any atom is 0.0632 e. The molecule has 0 aromatic heterocycles. The van der Waals surface area contributed by atoms with Crippen LogP contribution in [0.3, 0.4) is 0 Å². The summed E-state index contributed by atoms with van der Waals surface area (Å²) in [5.41, 5.74) is 1.09. The second-order valence-electron chi connectivity index (χ2n) is 5.27. The highest BCUT2D eigenvalue weighted by molar-refractivity contribution is 9.10.